The second-order valence-electron chi connectivity index (χ2n) is 3.77. The van der Waals surface area contributed by atoms with Crippen molar-refractivity contribution in [3.8, 4) is 18.1 Å². The lowest BCUT2D eigenvalue weighted by atomic mass is 10.1. The molecule has 0 heterocycles. The van der Waals surface area contributed by atoms with Crippen LogP contribution in [0.25, 0.3) is 0 Å². The van der Waals surface area contributed by atoms with E-state index >= 15 is 0 Å². The number of rotatable bonds is 5. The lowest BCUT2D eigenvalue weighted by Crippen LogP contribution is -2.25. The lowest BCUT2D eigenvalue weighted by Gasteiger charge is -2.15. The van der Waals surface area contributed by atoms with Gasteiger partial charge in [0.1, 0.15) is 5.75 Å². The predicted molar refractivity (Wildman–Crippen MR) is 78.1 cm³/mol. The zero-order chi connectivity index (χ0) is 12.8. The Hall–Kier alpha value is -0.500. The van der Waals surface area contributed by atoms with Gasteiger partial charge in [-0.2, -0.15) is 0 Å². The molecule has 0 amide bonds. The van der Waals surface area contributed by atoms with E-state index in [2.05, 4.69) is 50.0 Å². The van der Waals surface area contributed by atoms with Gasteiger partial charge >= 0.3 is 0 Å². The van der Waals surface area contributed by atoms with Crippen LogP contribution < -0.4 is 10.1 Å². The Balaban J connectivity index is 2.80. The number of hydrogen-bond acceptors (Lipinski definition) is 2. The first-order chi connectivity index (χ1) is 8.08. The van der Waals surface area contributed by atoms with E-state index in [1.165, 1.54) is 0 Å². The quantitative estimate of drug-likeness (QED) is 0.808. The maximum absolute atomic E-state index is 5.38. The van der Waals surface area contributed by atoms with Crippen molar-refractivity contribution >= 4 is 31.9 Å². The standard InChI is InChI=1S/C13H15Br2NO/c1-4-5-9(2)16-8-10-6-11(14)7-12(15)13(10)17-3/h1,6-7,9,16H,5,8H2,2-3H3. The number of halogens is 2. The number of hydrogen-bond donors (Lipinski definition) is 1. The number of nitrogens with one attached hydrogen (secondary N) is 1. The van der Waals surface area contributed by atoms with Gasteiger partial charge in [0.2, 0.25) is 0 Å². The fraction of sp³-hybridized carbons (Fsp3) is 0.385. The van der Waals surface area contributed by atoms with Gasteiger partial charge in [0.05, 0.1) is 11.6 Å². The summed E-state index contributed by atoms with van der Waals surface area (Å²) in [7, 11) is 1.67. The van der Waals surface area contributed by atoms with Gasteiger partial charge in [-0.1, -0.05) is 15.9 Å². The molecule has 92 valence electrons. The third-order valence-corrected chi connectivity index (χ3v) is 3.40. The number of benzene rings is 1. The fourth-order valence-electron chi connectivity index (χ4n) is 1.51. The summed E-state index contributed by atoms with van der Waals surface area (Å²) < 4.78 is 7.34. The number of ether oxygens (including phenoxy) is 1. The molecule has 2 nitrogen and oxygen atoms in total. The van der Waals surface area contributed by atoms with Crippen LogP contribution in [0, 0.1) is 12.3 Å². The largest absolute Gasteiger partial charge is 0.495 e. The molecule has 0 aliphatic rings. The van der Waals surface area contributed by atoms with E-state index in [4.69, 9.17) is 11.2 Å². The summed E-state index contributed by atoms with van der Waals surface area (Å²) >= 11 is 6.95. The van der Waals surface area contributed by atoms with E-state index in [1.54, 1.807) is 7.11 Å². The van der Waals surface area contributed by atoms with Crippen LogP contribution in [-0.4, -0.2) is 13.2 Å². The summed E-state index contributed by atoms with van der Waals surface area (Å²) in [5.74, 6) is 3.50. The highest BCUT2D eigenvalue weighted by Gasteiger charge is 2.10. The van der Waals surface area contributed by atoms with Crippen molar-refractivity contribution in [2.45, 2.75) is 25.9 Å². The Morgan fingerprint density at radius 2 is 2.18 bits per heavy atom. The SMILES string of the molecule is C#CCC(C)NCc1cc(Br)cc(Br)c1OC. The highest BCUT2D eigenvalue weighted by molar-refractivity contribution is 9.11. The molecular formula is C13H15Br2NO. The maximum atomic E-state index is 5.38. The van der Waals surface area contributed by atoms with Crippen LogP contribution in [0.5, 0.6) is 5.75 Å². The van der Waals surface area contributed by atoms with Gasteiger partial charge in [0, 0.05) is 29.0 Å². The van der Waals surface area contributed by atoms with E-state index in [0.717, 1.165) is 33.2 Å². The highest BCUT2D eigenvalue weighted by Crippen LogP contribution is 2.32. The summed E-state index contributed by atoms with van der Waals surface area (Å²) in [5, 5.41) is 3.36. The van der Waals surface area contributed by atoms with Crippen molar-refractivity contribution in [3.05, 3.63) is 26.6 Å². The molecule has 0 radical (unpaired) electrons. The Kier molecular flexibility index (Phi) is 6.04. The van der Waals surface area contributed by atoms with Gasteiger partial charge in [-0.25, -0.2) is 0 Å². The Bertz CT molecular complexity index is 426. The highest BCUT2D eigenvalue weighted by atomic mass is 79.9. The van der Waals surface area contributed by atoms with Crippen LogP contribution in [0.1, 0.15) is 18.9 Å². The molecular weight excluding hydrogens is 346 g/mol. The lowest BCUT2D eigenvalue weighted by molar-refractivity contribution is 0.403. The summed E-state index contributed by atoms with van der Waals surface area (Å²) in [6.45, 7) is 2.80. The molecule has 17 heavy (non-hydrogen) atoms. The van der Waals surface area contributed by atoms with E-state index in [9.17, 15) is 0 Å². The average Bonchev–Trinajstić information content (AvgIpc) is 2.26. The minimum atomic E-state index is 0.294. The molecule has 1 N–H and O–H groups in total. The third kappa shape index (κ3) is 4.34. The zero-order valence-electron chi connectivity index (χ0n) is 9.89. The van der Waals surface area contributed by atoms with Crippen LogP contribution in [0.15, 0.2) is 21.1 Å². The fourth-order valence-corrected chi connectivity index (χ4v) is 2.98. The molecule has 1 atom stereocenters. The molecule has 0 aliphatic heterocycles. The molecule has 1 aromatic rings. The molecule has 0 bridgehead atoms. The van der Waals surface area contributed by atoms with E-state index < -0.39 is 0 Å². The molecule has 1 unspecified atom stereocenters. The molecule has 1 aromatic carbocycles. The van der Waals surface area contributed by atoms with E-state index in [0.29, 0.717) is 6.04 Å². The van der Waals surface area contributed by atoms with Gasteiger partial charge in [0.25, 0.3) is 0 Å². The van der Waals surface area contributed by atoms with Crippen molar-refractivity contribution in [1.29, 1.82) is 0 Å². The smallest absolute Gasteiger partial charge is 0.137 e. The first-order valence-electron chi connectivity index (χ1n) is 5.27. The van der Waals surface area contributed by atoms with Gasteiger partial charge in [0.15, 0.2) is 0 Å². The van der Waals surface area contributed by atoms with Gasteiger partial charge < -0.3 is 10.1 Å². The van der Waals surface area contributed by atoms with Crippen molar-refractivity contribution in [1.82, 2.24) is 5.32 Å². The van der Waals surface area contributed by atoms with E-state index in [-0.39, 0.29) is 0 Å². The summed E-state index contributed by atoms with van der Waals surface area (Å²) in [6, 6.07) is 4.30. The van der Waals surface area contributed by atoms with Crippen LogP contribution in [0.3, 0.4) is 0 Å². The van der Waals surface area contributed by atoms with Crippen molar-refractivity contribution < 1.29 is 4.74 Å². The van der Waals surface area contributed by atoms with Gasteiger partial charge in [-0.05, 0) is 35.0 Å². The van der Waals surface area contributed by atoms with Gasteiger partial charge in [-0.3, -0.25) is 0 Å². The predicted octanol–water partition coefficient (Wildman–Crippen LogP) is 3.72. The third-order valence-electron chi connectivity index (χ3n) is 2.35. The summed E-state index contributed by atoms with van der Waals surface area (Å²) in [4.78, 5) is 0. The Labute approximate surface area is 119 Å². The second-order valence-corrected chi connectivity index (χ2v) is 5.54. The van der Waals surface area contributed by atoms with Crippen molar-refractivity contribution in [2.75, 3.05) is 7.11 Å². The molecule has 0 saturated carbocycles. The second kappa shape index (κ2) is 7.05. The van der Waals surface area contributed by atoms with Crippen molar-refractivity contribution in [3.63, 3.8) is 0 Å². The average molecular weight is 361 g/mol. The Morgan fingerprint density at radius 1 is 1.47 bits per heavy atom. The number of methoxy groups -OCH3 is 1. The first-order valence-corrected chi connectivity index (χ1v) is 6.85. The number of terminal acetylenes is 1. The molecule has 0 spiro atoms. The van der Waals surface area contributed by atoms with Crippen LogP contribution in [0.2, 0.25) is 0 Å². The molecule has 4 heteroatoms. The van der Waals surface area contributed by atoms with Crippen LogP contribution in [0.4, 0.5) is 0 Å². The molecule has 0 fully saturated rings. The maximum Gasteiger partial charge on any atom is 0.137 e. The normalized spacial score (nSPS) is 11.9. The molecule has 0 aliphatic carbocycles. The minimum Gasteiger partial charge on any atom is -0.495 e. The first kappa shape index (κ1) is 14.6. The topological polar surface area (TPSA) is 21.3 Å². The van der Waals surface area contributed by atoms with Crippen LogP contribution in [-0.2, 0) is 6.54 Å². The molecule has 0 saturated heterocycles. The zero-order valence-corrected chi connectivity index (χ0v) is 13.1. The Morgan fingerprint density at radius 3 is 2.76 bits per heavy atom. The monoisotopic (exact) mass is 359 g/mol. The van der Waals surface area contributed by atoms with Crippen molar-refractivity contribution in [2.24, 2.45) is 0 Å². The molecule has 1 rings (SSSR count). The minimum absolute atomic E-state index is 0.294. The van der Waals surface area contributed by atoms with Gasteiger partial charge in [-0.15, -0.1) is 12.3 Å². The van der Waals surface area contributed by atoms with E-state index in [1.807, 2.05) is 12.1 Å². The van der Waals surface area contributed by atoms with Crippen LogP contribution >= 0.6 is 31.9 Å². The summed E-state index contributed by atoms with van der Waals surface area (Å²) in [5.41, 5.74) is 1.10. The molecule has 0 aromatic heterocycles. The summed E-state index contributed by atoms with van der Waals surface area (Å²) in [6.07, 6.45) is 5.99.